The zero-order valence-corrected chi connectivity index (χ0v) is 14.2. The molecule has 0 radical (unpaired) electrons. The molecule has 0 spiro atoms. The molecule has 0 saturated heterocycles. The summed E-state index contributed by atoms with van der Waals surface area (Å²) in [6.07, 6.45) is 5.88. The lowest BCUT2D eigenvalue weighted by Crippen LogP contribution is -2.41. The van der Waals surface area contributed by atoms with Crippen LogP contribution >= 0.6 is 0 Å². The van der Waals surface area contributed by atoms with Crippen molar-refractivity contribution in [3.8, 4) is 11.8 Å². The highest BCUT2D eigenvalue weighted by atomic mass is 16.5. The summed E-state index contributed by atoms with van der Waals surface area (Å²) in [7, 11) is 1.51. The third-order valence-corrected chi connectivity index (χ3v) is 4.10. The largest absolute Gasteiger partial charge is 0.480 e. The van der Waals surface area contributed by atoms with Crippen LogP contribution in [0.5, 0.6) is 11.8 Å². The van der Waals surface area contributed by atoms with E-state index in [1.54, 1.807) is 0 Å². The molecule has 1 amide bonds. The minimum absolute atomic E-state index is 0.0241. The lowest BCUT2D eigenvalue weighted by molar-refractivity contribution is 0.0883. The lowest BCUT2D eigenvalue weighted by atomic mass is 9.93. The molecule has 3 N–H and O–H groups in total. The normalized spacial score (nSPS) is 19.6. The highest BCUT2D eigenvalue weighted by Gasteiger charge is 2.24. The summed E-state index contributed by atoms with van der Waals surface area (Å²) >= 11 is 0. The Morgan fingerprint density at radius 2 is 1.88 bits per heavy atom. The molecule has 0 aliphatic heterocycles. The van der Waals surface area contributed by atoms with Gasteiger partial charge in [-0.15, -0.1) is 0 Å². The van der Waals surface area contributed by atoms with Crippen LogP contribution in [-0.2, 0) is 0 Å². The fraction of sp³-hybridized carbons (Fsp3) is 0.438. The maximum Gasteiger partial charge on any atom is 0.326 e. The number of nitrogens with one attached hydrogen (secondary N) is 3. The predicted octanol–water partition coefficient (Wildman–Crippen LogP) is -0.0182. The van der Waals surface area contributed by atoms with E-state index in [1.807, 2.05) is 4.98 Å². The average Bonchev–Trinajstić information content (AvgIpc) is 2.62. The van der Waals surface area contributed by atoms with Gasteiger partial charge in [-0.2, -0.15) is 4.98 Å². The van der Waals surface area contributed by atoms with Gasteiger partial charge in [-0.25, -0.2) is 4.79 Å². The van der Waals surface area contributed by atoms with Crippen LogP contribution in [0.4, 0.5) is 0 Å². The van der Waals surface area contributed by atoms with Gasteiger partial charge in [0.25, 0.3) is 11.5 Å². The molecule has 0 aromatic carbocycles. The van der Waals surface area contributed by atoms with Crippen molar-refractivity contribution in [2.24, 2.45) is 0 Å². The number of carbonyl (C=O) groups excluding carboxylic acids is 1. The molecule has 0 atom stereocenters. The second-order valence-electron chi connectivity index (χ2n) is 5.97. The molecule has 0 unspecified atom stereocenters. The van der Waals surface area contributed by atoms with E-state index in [0.717, 1.165) is 18.9 Å². The Morgan fingerprint density at radius 1 is 1.15 bits per heavy atom. The Kier molecular flexibility index (Phi) is 5.30. The Balaban J connectivity index is 1.52. The molecule has 1 saturated carbocycles. The molecule has 2 aromatic heterocycles. The summed E-state index contributed by atoms with van der Waals surface area (Å²) in [5, 5.41) is 2.83. The van der Waals surface area contributed by atoms with Crippen LogP contribution in [0, 0.1) is 0 Å². The zero-order valence-electron chi connectivity index (χ0n) is 14.2. The van der Waals surface area contributed by atoms with Gasteiger partial charge in [0.1, 0.15) is 11.8 Å². The minimum atomic E-state index is -0.709. The van der Waals surface area contributed by atoms with Crippen molar-refractivity contribution < 1.29 is 14.3 Å². The third kappa shape index (κ3) is 4.47. The first kappa shape index (κ1) is 17.6. The number of aromatic amines is 2. The van der Waals surface area contributed by atoms with E-state index in [4.69, 9.17) is 9.47 Å². The summed E-state index contributed by atoms with van der Waals surface area (Å²) in [6, 6.07) is 1.01. The number of ether oxygens (including phenoxy) is 2. The Labute approximate surface area is 148 Å². The maximum absolute atomic E-state index is 12.2. The van der Waals surface area contributed by atoms with Gasteiger partial charge < -0.3 is 19.8 Å². The van der Waals surface area contributed by atoms with Crippen molar-refractivity contribution in [3.05, 3.63) is 45.0 Å². The molecule has 3 rings (SSSR count). The number of H-pyrrole nitrogens is 2. The van der Waals surface area contributed by atoms with Gasteiger partial charge >= 0.3 is 5.69 Å². The van der Waals surface area contributed by atoms with Crippen LogP contribution in [0.25, 0.3) is 0 Å². The number of carbonyl (C=O) groups is 1. The number of hydrogen-bond donors (Lipinski definition) is 3. The summed E-state index contributed by atoms with van der Waals surface area (Å²) in [5.41, 5.74) is -1.38. The molecular formula is C16H19N5O5. The van der Waals surface area contributed by atoms with Crippen molar-refractivity contribution in [2.75, 3.05) is 7.11 Å². The van der Waals surface area contributed by atoms with Crippen LogP contribution in [0.1, 0.15) is 36.2 Å². The SMILES string of the molecule is COc1cncc(OC2CCC(NC(=O)c3cc(=O)[nH]c(=O)[nH]3)CC2)n1. The molecular weight excluding hydrogens is 342 g/mol. The first-order valence-corrected chi connectivity index (χ1v) is 8.20. The highest BCUT2D eigenvalue weighted by molar-refractivity contribution is 5.92. The molecule has 1 aliphatic carbocycles. The number of aromatic nitrogens is 4. The van der Waals surface area contributed by atoms with Crippen molar-refractivity contribution in [2.45, 2.75) is 37.8 Å². The van der Waals surface area contributed by atoms with Crippen LogP contribution in [0.3, 0.4) is 0 Å². The molecule has 2 heterocycles. The van der Waals surface area contributed by atoms with E-state index < -0.39 is 17.2 Å². The Hall–Kier alpha value is -3.17. The van der Waals surface area contributed by atoms with Gasteiger partial charge in [0.2, 0.25) is 11.8 Å². The Morgan fingerprint density at radius 3 is 2.58 bits per heavy atom. The van der Waals surface area contributed by atoms with Gasteiger partial charge in [0.05, 0.1) is 19.5 Å². The standard InChI is InChI=1S/C16H19N5O5/c1-25-13-7-17-8-14(21-13)26-10-4-2-9(3-5-10)18-15(23)11-6-12(22)20-16(24)19-11/h6-10H,2-5H2,1H3,(H,18,23)(H2,19,20,22,24). The van der Waals surface area contributed by atoms with Crippen molar-refractivity contribution in [3.63, 3.8) is 0 Å². The number of amides is 1. The van der Waals surface area contributed by atoms with Gasteiger partial charge in [-0.05, 0) is 25.7 Å². The van der Waals surface area contributed by atoms with Gasteiger partial charge in [-0.1, -0.05) is 0 Å². The second-order valence-corrected chi connectivity index (χ2v) is 5.97. The third-order valence-electron chi connectivity index (χ3n) is 4.10. The minimum Gasteiger partial charge on any atom is -0.480 e. The van der Waals surface area contributed by atoms with E-state index in [0.29, 0.717) is 24.6 Å². The molecule has 26 heavy (non-hydrogen) atoms. The second kappa shape index (κ2) is 7.81. The molecule has 2 aromatic rings. The van der Waals surface area contributed by atoms with Gasteiger partial charge in [0.15, 0.2) is 0 Å². The predicted molar refractivity (Wildman–Crippen MR) is 90.4 cm³/mol. The number of nitrogens with zero attached hydrogens (tertiary/aromatic N) is 2. The van der Waals surface area contributed by atoms with Gasteiger partial charge in [-0.3, -0.25) is 19.6 Å². The first-order chi connectivity index (χ1) is 12.5. The Bertz CT molecular complexity index is 857. The van der Waals surface area contributed by atoms with E-state index >= 15 is 0 Å². The number of rotatable bonds is 5. The summed E-state index contributed by atoms with van der Waals surface area (Å²) < 4.78 is 10.8. The van der Waals surface area contributed by atoms with Crippen LogP contribution < -0.4 is 26.0 Å². The van der Waals surface area contributed by atoms with Crippen molar-refractivity contribution in [1.29, 1.82) is 0 Å². The molecule has 1 aliphatic rings. The highest BCUT2D eigenvalue weighted by Crippen LogP contribution is 2.23. The van der Waals surface area contributed by atoms with Crippen molar-refractivity contribution >= 4 is 5.91 Å². The summed E-state index contributed by atoms with van der Waals surface area (Å²) in [4.78, 5) is 47.2. The maximum atomic E-state index is 12.2. The van der Waals surface area contributed by atoms with E-state index in [1.165, 1.54) is 19.5 Å². The summed E-state index contributed by atoms with van der Waals surface area (Å²) in [5.74, 6) is 0.310. The van der Waals surface area contributed by atoms with E-state index in [2.05, 4.69) is 20.3 Å². The fourth-order valence-corrected chi connectivity index (χ4v) is 2.84. The number of hydrogen-bond acceptors (Lipinski definition) is 7. The smallest absolute Gasteiger partial charge is 0.326 e. The van der Waals surface area contributed by atoms with Crippen LogP contribution in [-0.4, -0.2) is 45.1 Å². The first-order valence-electron chi connectivity index (χ1n) is 8.20. The molecule has 10 nitrogen and oxygen atoms in total. The topological polar surface area (TPSA) is 139 Å². The molecule has 0 bridgehead atoms. The van der Waals surface area contributed by atoms with E-state index in [-0.39, 0.29) is 17.8 Å². The average molecular weight is 361 g/mol. The quantitative estimate of drug-likeness (QED) is 0.680. The molecule has 138 valence electrons. The number of methoxy groups -OCH3 is 1. The zero-order chi connectivity index (χ0) is 18.5. The van der Waals surface area contributed by atoms with Crippen LogP contribution in [0.2, 0.25) is 0 Å². The summed E-state index contributed by atoms with van der Waals surface area (Å²) in [6.45, 7) is 0. The monoisotopic (exact) mass is 361 g/mol. The van der Waals surface area contributed by atoms with Crippen LogP contribution in [0.15, 0.2) is 28.0 Å². The molecule has 1 fully saturated rings. The molecule has 10 heteroatoms. The fourth-order valence-electron chi connectivity index (χ4n) is 2.84. The lowest BCUT2D eigenvalue weighted by Gasteiger charge is -2.29. The van der Waals surface area contributed by atoms with Crippen molar-refractivity contribution in [1.82, 2.24) is 25.3 Å². The van der Waals surface area contributed by atoms with Gasteiger partial charge in [0, 0.05) is 12.1 Å². The van der Waals surface area contributed by atoms with E-state index in [9.17, 15) is 14.4 Å².